The molecule has 3 atom stereocenters. The van der Waals surface area contributed by atoms with E-state index in [0.29, 0.717) is 196 Å². The molecule has 0 saturated heterocycles. The Bertz CT molecular complexity index is 2340. The average molecular weight is 1370 g/mol. The van der Waals surface area contributed by atoms with Crippen molar-refractivity contribution in [3.63, 3.8) is 0 Å². The van der Waals surface area contributed by atoms with E-state index in [1.54, 1.807) is 0 Å². The highest BCUT2D eigenvalue weighted by atomic mass is 16.6. The molecule has 0 radical (unpaired) electrons. The van der Waals surface area contributed by atoms with Crippen molar-refractivity contribution >= 4 is 41.5 Å². The Morgan fingerprint density at radius 2 is 0.708 bits per heavy atom. The molecule has 5 amide bonds. The lowest BCUT2D eigenvalue weighted by Gasteiger charge is -2.18. The molecule has 12 N–H and O–H groups in total. The van der Waals surface area contributed by atoms with Crippen molar-refractivity contribution in [1.29, 1.82) is 0 Å². The van der Waals surface area contributed by atoms with Crippen molar-refractivity contribution in [3.8, 4) is 11.1 Å². The first-order chi connectivity index (χ1) is 47.0. The number of amides is 5. The van der Waals surface area contributed by atoms with Crippen LogP contribution in [0.5, 0.6) is 0 Å². The summed E-state index contributed by atoms with van der Waals surface area (Å²) in [5.41, 5.74) is 21.4. The van der Waals surface area contributed by atoms with Crippen molar-refractivity contribution < 1.29 is 100 Å². The van der Waals surface area contributed by atoms with Crippen molar-refractivity contribution in [2.45, 2.75) is 114 Å². The van der Waals surface area contributed by atoms with Crippen LogP contribution in [0.4, 0.5) is 4.79 Å². The van der Waals surface area contributed by atoms with Crippen LogP contribution in [-0.4, -0.2) is 263 Å². The lowest BCUT2D eigenvalue weighted by molar-refractivity contribution is -0.142. The number of nitrogens with one attached hydrogen (secondary N) is 5. The highest BCUT2D eigenvalue weighted by Gasteiger charge is 2.29. The summed E-state index contributed by atoms with van der Waals surface area (Å²) in [5, 5.41) is 23.0. The van der Waals surface area contributed by atoms with Gasteiger partial charge in [0.1, 0.15) is 18.7 Å². The maximum Gasteiger partial charge on any atom is 0.407 e. The maximum absolute atomic E-state index is 13.1. The van der Waals surface area contributed by atoms with E-state index < -0.39 is 36.1 Å². The molecule has 3 rings (SSSR count). The number of rotatable bonds is 66. The van der Waals surface area contributed by atoms with Crippen LogP contribution in [0, 0.1) is 0 Å². The Kier molecular flexibility index (Phi) is 51.1. The van der Waals surface area contributed by atoms with Crippen LogP contribution in [-0.2, 0) is 90.3 Å². The molecule has 1 aliphatic carbocycles. The van der Waals surface area contributed by atoms with Gasteiger partial charge < -0.3 is 110 Å². The molecule has 0 aliphatic heterocycles. The zero-order valence-corrected chi connectivity index (χ0v) is 56.4. The van der Waals surface area contributed by atoms with E-state index in [9.17, 15) is 38.7 Å². The van der Waals surface area contributed by atoms with E-state index in [4.69, 9.17) is 78.8 Å². The van der Waals surface area contributed by atoms with Gasteiger partial charge in [0.05, 0.1) is 158 Å². The molecule has 0 bridgehead atoms. The van der Waals surface area contributed by atoms with Gasteiger partial charge in [-0.25, -0.2) is 9.59 Å². The highest BCUT2D eigenvalue weighted by molar-refractivity contribution is 5.89. The third kappa shape index (κ3) is 42.1. The van der Waals surface area contributed by atoms with Crippen LogP contribution in [0.15, 0.2) is 48.5 Å². The summed E-state index contributed by atoms with van der Waals surface area (Å²) in [6.07, 6.45) is 5.82. The number of carbonyl (C=O) groups is 7. The Morgan fingerprint density at radius 3 is 1.11 bits per heavy atom. The van der Waals surface area contributed by atoms with E-state index in [2.05, 4.69) is 50.8 Å². The molecule has 29 heteroatoms. The summed E-state index contributed by atoms with van der Waals surface area (Å²) in [7, 11) is 0. The van der Waals surface area contributed by atoms with Crippen LogP contribution >= 0.6 is 0 Å². The lowest BCUT2D eigenvalue weighted by atomic mass is 9.98. The largest absolute Gasteiger partial charge is 0.480 e. The zero-order chi connectivity index (χ0) is 69.2. The molecular weight excluding hydrogens is 1250 g/mol. The molecule has 0 saturated carbocycles. The number of benzene rings is 2. The number of alkyl carbamates (subject to hydrolysis) is 1. The minimum atomic E-state index is -1.08. The molecule has 3 unspecified atom stereocenters. The molecule has 546 valence electrons. The lowest BCUT2D eigenvalue weighted by Crippen LogP contribution is -2.47. The first-order valence-electron chi connectivity index (χ1n) is 34.0. The number of hydrogen-bond donors (Lipinski definition) is 9. The third-order valence-corrected chi connectivity index (χ3v) is 14.7. The molecular formula is C67H112N8O21. The minimum absolute atomic E-state index is 0.00233. The van der Waals surface area contributed by atoms with Crippen molar-refractivity contribution in [2.24, 2.45) is 17.2 Å². The van der Waals surface area contributed by atoms with E-state index in [-0.39, 0.29) is 115 Å². The predicted octanol–water partition coefficient (Wildman–Crippen LogP) is 2.29. The van der Waals surface area contributed by atoms with E-state index in [1.807, 2.05) is 24.3 Å². The van der Waals surface area contributed by atoms with Gasteiger partial charge in [0.2, 0.25) is 23.6 Å². The Hall–Kier alpha value is -5.87. The normalized spacial score (nSPS) is 12.7. The summed E-state index contributed by atoms with van der Waals surface area (Å²) < 4.78 is 72.0. The molecule has 0 spiro atoms. The fraction of sp³-hybridized carbons (Fsp3) is 0.716. The molecule has 2 aromatic rings. The number of ether oxygens (including phenoxy) is 13. The Labute approximate surface area is 566 Å². The highest BCUT2D eigenvalue weighted by Crippen LogP contribution is 2.44. The number of Topliss-reactive ketones (excluding diaryl/α,β-unsaturated/α-hetero) is 1. The number of aliphatic carboxylic acids is 1. The van der Waals surface area contributed by atoms with Crippen LogP contribution in [0.3, 0.4) is 0 Å². The molecule has 0 heterocycles. The maximum atomic E-state index is 13.1. The van der Waals surface area contributed by atoms with Gasteiger partial charge in [0, 0.05) is 51.3 Å². The number of ketones is 1. The van der Waals surface area contributed by atoms with Crippen LogP contribution in [0.1, 0.15) is 107 Å². The van der Waals surface area contributed by atoms with Gasteiger partial charge in [-0.3, -0.25) is 24.0 Å². The Morgan fingerprint density at radius 1 is 0.375 bits per heavy atom. The Balaban J connectivity index is 1.07. The fourth-order valence-electron chi connectivity index (χ4n) is 9.66. The molecule has 2 aromatic carbocycles. The second-order valence-electron chi connectivity index (χ2n) is 22.3. The monoisotopic (exact) mass is 1360 g/mol. The van der Waals surface area contributed by atoms with Gasteiger partial charge in [-0.15, -0.1) is 0 Å². The summed E-state index contributed by atoms with van der Waals surface area (Å²) >= 11 is 0. The number of unbranched alkanes of at least 4 members (excludes halogenated alkanes) is 3. The molecule has 96 heavy (non-hydrogen) atoms. The number of carboxylic acids is 1. The SMILES string of the molecule is NCCCCC(NC(=O)CCOCCOCCOCCOCCCC(=O)C(CCCCN)NC(=O)CCOCCOCCOCCOCCNC(=O)C(CCCCN)NC(=O)CCOCCOCCOCCOCCNC(=O)OCC1c2ccccc2-c2ccccc21)C(=O)O. The summed E-state index contributed by atoms with van der Waals surface area (Å²) in [5.74, 6) is -2.45. The van der Waals surface area contributed by atoms with Crippen LogP contribution < -0.4 is 43.8 Å². The van der Waals surface area contributed by atoms with Gasteiger partial charge in [-0.05, 0) is 106 Å². The molecule has 29 nitrogen and oxygen atoms in total. The first-order valence-corrected chi connectivity index (χ1v) is 34.0. The summed E-state index contributed by atoms with van der Waals surface area (Å²) in [6.45, 7) is 9.48. The fourth-order valence-corrected chi connectivity index (χ4v) is 9.66. The van der Waals surface area contributed by atoms with Gasteiger partial charge in [-0.1, -0.05) is 48.5 Å². The molecule has 1 aliphatic rings. The van der Waals surface area contributed by atoms with Crippen molar-refractivity contribution in [1.82, 2.24) is 26.6 Å². The minimum Gasteiger partial charge on any atom is -0.480 e. The molecule has 0 aromatic heterocycles. The second kappa shape index (κ2) is 58.1. The van der Waals surface area contributed by atoms with Crippen LogP contribution in [0.2, 0.25) is 0 Å². The number of hydrogen-bond acceptors (Lipinski definition) is 23. The third-order valence-electron chi connectivity index (χ3n) is 14.7. The summed E-state index contributed by atoms with van der Waals surface area (Å²) in [6, 6.07) is 14.1. The van der Waals surface area contributed by atoms with Gasteiger partial charge in [0.25, 0.3) is 0 Å². The number of fused-ring (bicyclic) bond motifs is 3. The second-order valence-corrected chi connectivity index (χ2v) is 22.3. The first kappa shape index (κ1) is 84.4. The smallest absolute Gasteiger partial charge is 0.407 e. The average Bonchev–Trinajstić information content (AvgIpc) is 1.64. The van der Waals surface area contributed by atoms with Crippen molar-refractivity contribution in [3.05, 3.63) is 59.7 Å². The topological polar surface area (TPSA) is 398 Å². The van der Waals surface area contributed by atoms with Crippen LogP contribution in [0.25, 0.3) is 11.1 Å². The number of carboxylic acid groups (broad SMARTS) is 1. The van der Waals surface area contributed by atoms with E-state index in [1.165, 1.54) is 11.1 Å². The quantitative estimate of drug-likeness (QED) is 0.0429. The summed E-state index contributed by atoms with van der Waals surface area (Å²) in [4.78, 5) is 87.2. The zero-order valence-electron chi connectivity index (χ0n) is 56.4. The van der Waals surface area contributed by atoms with Gasteiger partial charge in [0.15, 0.2) is 5.78 Å². The van der Waals surface area contributed by atoms with E-state index >= 15 is 0 Å². The standard InChI is InChI=1S/C67H112N8O21/c68-23-8-5-16-58(61(76)19-11-28-84-34-40-90-46-47-91-43-37-87-31-22-64(79)75-60(66(81)82)18-7-10-25-70)73-62(77)20-29-85-35-41-92-48-50-94-44-38-88-32-26-71-65(80)59(17-6-9-24-69)74-63(78)21-30-86-36-42-93-49-51-95-45-39-89-33-27-72-67(83)96-52-57-55-14-3-1-12-53(55)54-13-2-4-15-56(54)57/h1-4,12-15,57-60H,5-11,16-52,68-70H2,(H,71,80)(H,72,83)(H,73,77)(H,74,78)(H,75,79)(H,81,82). The van der Waals surface area contributed by atoms with E-state index in [0.717, 1.165) is 17.5 Å². The number of nitrogens with two attached hydrogens (primary N) is 3. The van der Waals surface area contributed by atoms with Gasteiger partial charge in [-0.2, -0.15) is 0 Å². The predicted molar refractivity (Wildman–Crippen MR) is 356 cm³/mol. The van der Waals surface area contributed by atoms with Crippen molar-refractivity contribution in [2.75, 3.05) is 198 Å². The molecule has 0 fully saturated rings. The number of carbonyl (C=O) groups excluding carboxylic acids is 6. The van der Waals surface area contributed by atoms with Gasteiger partial charge >= 0.3 is 12.1 Å².